The molecule has 3 rings (SSSR count). The molecule has 2 aromatic carbocycles. The van der Waals surface area contributed by atoms with E-state index in [1.54, 1.807) is 30.3 Å². The topological polar surface area (TPSA) is 34.1 Å². The van der Waals surface area contributed by atoms with Gasteiger partial charge < -0.3 is 0 Å². The summed E-state index contributed by atoms with van der Waals surface area (Å²) < 4.78 is 36.9. The average Bonchev–Trinajstić information content (AvgIpc) is 2.99. The second-order valence-corrected chi connectivity index (χ2v) is 8.16. The number of halogens is 2. The highest BCUT2D eigenvalue weighted by Gasteiger charge is 2.19. The van der Waals surface area contributed by atoms with Gasteiger partial charge in [0.15, 0.2) is 9.84 Å². The first kappa shape index (κ1) is 16.2. The third-order valence-corrected chi connectivity index (χ3v) is 5.50. The average molecular weight is 351 g/mol. The number of benzene rings is 2. The lowest BCUT2D eigenvalue weighted by atomic mass is 9.97. The van der Waals surface area contributed by atoms with Crippen LogP contribution in [-0.4, -0.2) is 14.7 Å². The molecular formula is C18H16ClFO2S. The van der Waals surface area contributed by atoms with Crippen molar-refractivity contribution in [3.05, 3.63) is 64.4 Å². The number of allylic oxidation sites excluding steroid dienone is 2. The summed E-state index contributed by atoms with van der Waals surface area (Å²) in [5.41, 5.74) is 4.02. The van der Waals surface area contributed by atoms with Gasteiger partial charge in [0.2, 0.25) is 0 Å². The van der Waals surface area contributed by atoms with Gasteiger partial charge in [-0.3, -0.25) is 0 Å². The first-order valence-electron chi connectivity index (χ1n) is 7.34. The molecule has 0 heterocycles. The Kier molecular flexibility index (Phi) is 4.30. The molecule has 0 N–H and O–H groups in total. The Morgan fingerprint density at radius 2 is 1.65 bits per heavy atom. The molecule has 0 bridgehead atoms. The summed E-state index contributed by atoms with van der Waals surface area (Å²) in [4.78, 5) is 0.311. The predicted molar refractivity (Wildman–Crippen MR) is 91.6 cm³/mol. The SMILES string of the molecule is CS(=O)(=O)c1cccc(C2=C(c3ccc(F)c(Cl)c3)CCC2)c1. The number of hydrogen-bond acceptors (Lipinski definition) is 2. The minimum Gasteiger partial charge on any atom is -0.224 e. The van der Waals surface area contributed by atoms with Crippen LogP contribution in [0.1, 0.15) is 30.4 Å². The van der Waals surface area contributed by atoms with E-state index in [2.05, 4.69) is 0 Å². The normalized spacial score (nSPS) is 15.3. The summed E-state index contributed by atoms with van der Waals surface area (Å²) in [5, 5.41) is 0.103. The van der Waals surface area contributed by atoms with Gasteiger partial charge in [0.05, 0.1) is 9.92 Å². The smallest absolute Gasteiger partial charge is 0.175 e. The van der Waals surface area contributed by atoms with Crippen LogP contribution in [0, 0.1) is 5.82 Å². The van der Waals surface area contributed by atoms with Gasteiger partial charge in [0.1, 0.15) is 5.82 Å². The van der Waals surface area contributed by atoms with Crippen LogP contribution in [0.5, 0.6) is 0 Å². The summed E-state index contributed by atoms with van der Waals surface area (Å²) in [5.74, 6) is -0.436. The van der Waals surface area contributed by atoms with Crippen LogP contribution in [0.4, 0.5) is 4.39 Å². The van der Waals surface area contributed by atoms with Crippen molar-refractivity contribution in [1.29, 1.82) is 0 Å². The summed E-state index contributed by atoms with van der Waals surface area (Å²) in [6.07, 6.45) is 3.94. The summed E-state index contributed by atoms with van der Waals surface area (Å²) in [6.45, 7) is 0. The van der Waals surface area contributed by atoms with Crippen molar-refractivity contribution in [2.24, 2.45) is 0 Å². The lowest BCUT2D eigenvalue weighted by molar-refractivity contribution is 0.602. The maximum atomic E-state index is 13.4. The highest BCUT2D eigenvalue weighted by atomic mass is 35.5. The molecule has 0 spiro atoms. The second-order valence-electron chi connectivity index (χ2n) is 5.74. The fourth-order valence-corrected chi connectivity index (χ4v) is 3.83. The molecule has 2 nitrogen and oxygen atoms in total. The Morgan fingerprint density at radius 3 is 2.26 bits per heavy atom. The molecule has 5 heteroatoms. The predicted octanol–water partition coefficient (Wildman–Crippen LogP) is 4.98. The van der Waals surface area contributed by atoms with Gasteiger partial charge in [0, 0.05) is 6.26 Å². The van der Waals surface area contributed by atoms with Crippen molar-refractivity contribution in [3.8, 4) is 0 Å². The van der Waals surface area contributed by atoms with E-state index in [-0.39, 0.29) is 5.02 Å². The van der Waals surface area contributed by atoms with E-state index in [9.17, 15) is 12.8 Å². The van der Waals surface area contributed by atoms with Crippen LogP contribution in [0.3, 0.4) is 0 Å². The highest BCUT2D eigenvalue weighted by Crippen LogP contribution is 2.40. The van der Waals surface area contributed by atoms with Gasteiger partial charge in [-0.05, 0) is 65.8 Å². The molecule has 0 aromatic heterocycles. The third kappa shape index (κ3) is 3.33. The van der Waals surface area contributed by atoms with Crippen LogP contribution in [0.15, 0.2) is 47.4 Å². The Labute approximate surface area is 140 Å². The minimum atomic E-state index is -3.24. The molecule has 1 aliphatic rings. The summed E-state index contributed by atoms with van der Waals surface area (Å²) in [6, 6.07) is 11.7. The molecule has 0 aliphatic heterocycles. The quantitative estimate of drug-likeness (QED) is 0.782. The van der Waals surface area contributed by atoms with E-state index in [0.29, 0.717) is 4.90 Å². The zero-order valence-electron chi connectivity index (χ0n) is 12.6. The largest absolute Gasteiger partial charge is 0.224 e. The molecule has 0 atom stereocenters. The monoisotopic (exact) mass is 350 g/mol. The van der Waals surface area contributed by atoms with Crippen molar-refractivity contribution in [2.75, 3.05) is 6.26 Å². The maximum Gasteiger partial charge on any atom is 0.175 e. The number of rotatable bonds is 3. The minimum absolute atomic E-state index is 0.103. The van der Waals surface area contributed by atoms with E-state index in [4.69, 9.17) is 11.6 Å². The zero-order chi connectivity index (χ0) is 16.6. The maximum absolute atomic E-state index is 13.4. The molecule has 2 aromatic rings. The molecule has 1 aliphatic carbocycles. The molecule has 0 fully saturated rings. The van der Waals surface area contributed by atoms with Gasteiger partial charge in [0.25, 0.3) is 0 Å². The Balaban J connectivity index is 2.11. The van der Waals surface area contributed by atoms with Gasteiger partial charge in [-0.1, -0.05) is 29.8 Å². The summed E-state index contributed by atoms with van der Waals surface area (Å²) in [7, 11) is -3.24. The van der Waals surface area contributed by atoms with Gasteiger partial charge >= 0.3 is 0 Å². The van der Waals surface area contributed by atoms with Crippen molar-refractivity contribution in [1.82, 2.24) is 0 Å². The van der Waals surface area contributed by atoms with Gasteiger partial charge in [-0.15, -0.1) is 0 Å². The van der Waals surface area contributed by atoms with E-state index >= 15 is 0 Å². The fourth-order valence-electron chi connectivity index (χ4n) is 2.98. The molecule has 0 saturated heterocycles. The van der Waals surface area contributed by atoms with Crippen LogP contribution < -0.4 is 0 Å². The Hall–Kier alpha value is -1.65. The van der Waals surface area contributed by atoms with E-state index < -0.39 is 15.7 Å². The number of hydrogen-bond donors (Lipinski definition) is 0. The first-order valence-corrected chi connectivity index (χ1v) is 9.61. The van der Waals surface area contributed by atoms with E-state index in [1.165, 1.54) is 12.3 Å². The molecule has 0 amide bonds. The van der Waals surface area contributed by atoms with Crippen molar-refractivity contribution >= 4 is 32.6 Å². The zero-order valence-corrected chi connectivity index (χ0v) is 14.2. The number of sulfone groups is 1. The molecular weight excluding hydrogens is 335 g/mol. The molecule has 0 radical (unpaired) electrons. The lowest BCUT2D eigenvalue weighted by Crippen LogP contribution is -1.98. The van der Waals surface area contributed by atoms with Crippen molar-refractivity contribution in [2.45, 2.75) is 24.2 Å². The molecule has 0 saturated carbocycles. The lowest BCUT2D eigenvalue weighted by Gasteiger charge is -2.10. The first-order chi connectivity index (χ1) is 10.9. The fraction of sp³-hybridized carbons (Fsp3) is 0.222. The van der Waals surface area contributed by atoms with Crippen molar-refractivity contribution in [3.63, 3.8) is 0 Å². The van der Waals surface area contributed by atoms with Gasteiger partial charge in [-0.25, -0.2) is 12.8 Å². The van der Waals surface area contributed by atoms with Crippen LogP contribution in [-0.2, 0) is 9.84 Å². The third-order valence-electron chi connectivity index (χ3n) is 4.10. The molecule has 23 heavy (non-hydrogen) atoms. The van der Waals surface area contributed by atoms with E-state index in [0.717, 1.165) is 41.5 Å². The molecule has 0 unspecified atom stereocenters. The van der Waals surface area contributed by atoms with E-state index in [1.807, 2.05) is 6.07 Å². The highest BCUT2D eigenvalue weighted by molar-refractivity contribution is 7.90. The van der Waals surface area contributed by atoms with Crippen LogP contribution in [0.2, 0.25) is 5.02 Å². The summed E-state index contributed by atoms with van der Waals surface area (Å²) >= 11 is 5.89. The van der Waals surface area contributed by atoms with Gasteiger partial charge in [-0.2, -0.15) is 0 Å². The standard InChI is InChI=1S/C18H16ClFO2S/c1-23(21,22)14-5-2-4-12(10-14)15-6-3-7-16(15)13-8-9-18(20)17(19)11-13/h2,4-5,8-11H,3,6-7H2,1H3. The second kappa shape index (κ2) is 6.10. The van der Waals surface area contributed by atoms with Crippen molar-refractivity contribution < 1.29 is 12.8 Å². The Morgan fingerprint density at radius 1 is 1.00 bits per heavy atom. The van der Waals surface area contributed by atoms with Crippen LogP contribution in [0.25, 0.3) is 11.1 Å². The van der Waals surface area contributed by atoms with Crippen LogP contribution >= 0.6 is 11.6 Å². The Bertz CT molecular complexity index is 901. The molecule has 120 valence electrons.